The second kappa shape index (κ2) is 9.24. The zero-order valence-electron chi connectivity index (χ0n) is 15.5. The number of amides is 1. The van der Waals surface area contributed by atoms with Crippen molar-refractivity contribution in [3.63, 3.8) is 0 Å². The molecule has 7 heteroatoms. The maximum atomic E-state index is 12.5. The van der Waals surface area contributed by atoms with Crippen molar-refractivity contribution in [2.75, 3.05) is 0 Å². The fraction of sp³-hybridized carbons (Fsp3) is 0.778. The molecule has 2 aliphatic rings. The summed E-state index contributed by atoms with van der Waals surface area (Å²) in [6, 6.07) is 0.686. The molecule has 1 aromatic heterocycles. The molecule has 1 aromatic rings. The molecule has 0 radical (unpaired) electrons. The third-order valence-electron chi connectivity index (χ3n) is 5.97. The second-order valence-corrected chi connectivity index (χ2v) is 7.55. The van der Waals surface area contributed by atoms with E-state index in [1.807, 2.05) is 18.7 Å². The number of hydrogen-bond acceptors (Lipinski definition) is 3. The SMILES string of the molecule is Cc1nn(C)c(C)c1CCC(=O)NC1C2CCCC1CC(N)C2.Cl.Cl. The fourth-order valence-electron chi connectivity index (χ4n) is 4.70. The van der Waals surface area contributed by atoms with E-state index in [0.717, 1.165) is 30.7 Å². The molecule has 25 heavy (non-hydrogen) atoms. The Balaban J connectivity index is 0.00000156. The molecule has 1 heterocycles. The average Bonchev–Trinajstić information content (AvgIpc) is 2.71. The number of hydrogen-bond donors (Lipinski definition) is 2. The second-order valence-electron chi connectivity index (χ2n) is 7.55. The van der Waals surface area contributed by atoms with E-state index in [-0.39, 0.29) is 30.7 Å². The third kappa shape index (κ3) is 4.89. The monoisotopic (exact) mass is 390 g/mol. The molecular weight excluding hydrogens is 359 g/mol. The van der Waals surface area contributed by atoms with Crippen LogP contribution < -0.4 is 11.1 Å². The molecule has 1 amide bonds. The van der Waals surface area contributed by atoms with Gasteiger partial charge in [-0.25, -0.2) is 0 Å². The van der Waals surface area contributed by atoms with Crippen molar-refractivity contribution in [2.45, 2.75) is 70.9 Å². The summed E-state index contributed by atoms with van der Waals surface area (Å²) < 4.78 is 1.90. The lowest BCUT2D eigenvalue weighted by Crippen LogP contribution is -2.53. The number of carbonyl (C=O) groups is 1. The molecule has 2 aliphatic carbocycles. The maximum Gasteiger partial charge on any atom is 0.220 e. The zero-order valence-corrected chi connectivity index (χ0v) is 17.1. The number of nitrogens with one attached hydrogen (secondary N) is 1. The van der Waals surface area contributed by atoms with Crippen LogP contribution in [0.4, 0.5) is 0 Å². The van der Waals surface area contributed by atoms with Crippen LogP contribution in [0.15, 0.2) is 0 Å². The third-order valence-corrected chi connectivity index (χ3v) is 5.97. The van der Waals surface area contributed by atoms with Gasteiger partial charge in [-0.2, -0.15) is 5.10 Å². The highest BCUT2D eigenvalue weighted by Crippen LogP contribution is 2.39. The molecule has 5 nitrogen and oxygen atoms in total. The number of fused-ring (bicyclic) bond motifs is 2. The van der Waals surface area contributed by atoms with Crippen LogP contribution in [0.3, 0.4) is 0 Å². The molecule has 3 rings (SSSR count). The molecular formula is C18H32Cl2N4O. The van der Waals surface area contributed by atoms with Gasteiger partial charge in [0.05, 0.1) is 5.69 Å². The van der Waals surface area contributed by atoms with E-state index in [4.69, 9.17) is 5.73 Å². The van der Waals surface area contributed by atoms with Crippen LogP contribution in [0, 0.1) is 25.7 Å². The predicted molar refractivity (Wildman–Crippen MR) is 105 cm³/mol. The molecule has 144 valence electrons. The van der Waals surface area contributed by atoms with E-state index >= 15 is 0 Å². The molecule has 0 aromatic carbocycles. The van der Waals surface area contributed by atoms with Crippen molar-refractivity contribution in [2.24, 2.45) is 24.6 Å². The first-order valence-electron chi connectivity index (χ1n) is 8.99. The quantitative estimate of drug-likeness (QED) is 0.829. The Morgan fingerprint density at radius 2 is 1.84 bits per heavy atom. The Kier molecular flexibility index (Phi) is 8.23. The van der Waals surface area contributed by atoms with Crippen molar-refractivity contribution < 1.29 is 4.79 Å². The van der Waals surface area contributed by atoms with Crippen molar-refractivity contribution in [1.82, 2.24) is 15.1 Å². The average molecular weight is 391 g/mol. The summed E-state index contributed by atoms with van der Waals surface area (Å²) in [7, 11) is 1.96. The van der Waals surface area contributed by atoms with Gasteiger partial charge >= 0.3 is 0 Å². The Morgan fingerprint density at radius 3 is 2.36 bits per heavy atom. The van der Waals surface area contributed by atoms with E-state index in [2.05, 4.69) is 17.3 Å². The number of halogens is 2. The number of nitrogens with zero attached hydrogens (tertiary/aromatic N) is 2. The number of aryl methyl sites for hydroxylation is 2. The van der Waals surface area contributed by atoms with Gasteiger partial charge in [0.15, 0.2) is 0 Å². The van der Waals surface area contributed by atoms with E-state index in [0.29, 0.717) is 30.3 Å². The zero-order chi connectivity index (χ0) is 16.6. The van der Waals surface area contributed by atoms with Crippen molar-refractivity contribution >= 4 is 30.7 Å². The summed E-state index contributed by atoms with van der Waals surface area (Å²) in [5.74, 6) is 1.36. The number of nitrogens with two attached hydrogens (primary N) is 1. The summed E-state index contributed by atoms with van der Waals surface area (Å²) in [6.07, 6.45) is 7.20. The minimum absolute atomic E-state index is 0. The molecule has 0 saturated heterocycles. The molecule has 0 aliphatic heterocycles. The lowest BCUT2D eigenvalue weighted by Gasteiger charge is -2.45. The largest absolute Gasteiger partial charge is 0.353 e. The smallest absolute Gasteiger partial charge is 0.220 e. The number of rotatable bonds is 4. The predicted octanol–water partition coefficient (Wildman–Crippen LogP) is 2.84. The molecule has 0 spiro atoms. The van der Waals surface area contributed by atoms with E-state index in [1.165, 1.54) is 24.8 Å². The highest BCUT2D eigenvalue weighted by atomic mass is 35.5. The van der Waals surface area contributed by atoms with Crippen molar-refractivity contribution in [3.8, 4) is 0 Å². The molecule has 2 bridgehead atoms. The highest BCUT2D eigenvalue weighted by Gasteiger charge is 2.39. The van der Waals surface area contributed by atoms with Crippen LogP contribution in [-0.4, -0.2) is 27.8 Å². The van der Waals surface area contributed by atoms with E-state index < -0.39 is 0 Å². The van der Waals surface area contributed by atoms with Crippen LogP contribution in [-0.2, 0) is 18.3 Å². The molecule has 2 saturated carbocycles. The molecule has 3 N–H and O–H groups in total. The summed E-state index contributed by atoms with van der Waals surface area (Å²) in [4.78, 5) is 12.5. The van der Waals surface area contributed by atoms with Crippen molar-refractivity contribution in [3.05, 3.63) is 17.0 Å². The van der Waals surface area contributed by atoms with Gasteiger partial charge in [-0.15, -0.1) is 24.8 Å². The van der Waals surface area contributed by atoms with Crippen LogP contribution in [0.5, 0.6) is 0 Å². The van der Waals surface area contributed by atoms with Gasteiger partial charge in [0.25, 0.3) is 0 Å². The Hall–Kier alpha value is -0.780. The van der Waals surface area contributed by atoms with Gasteiger partial charge in [-0.05, 0) is 63.4 Å². The standard InChI is InChI=1S/C18H30N4O.2ClH/c1-11-16(12(2)22(3)21-11)7-8-17(23)20-18-13-5-4-6-14(18)10-15(19)9-13;;/h13-15,18H,4-10,19H2,1-3H3,(H,20,23);2*1H. The number of aromatic nitrogens is 2. The molecule has 2 unspecified atom stereocenters. The molecule has 2 atom stereocenters. The van der Waals surface area contributed by atoms with E-state index in [9.17, 15) is 4.79 Å². The Labute approximate surface area is 163 Å². The molecule has 2 fully saturated rings. The lowest BCUT2D eigenvalue weighted by atomic mass is 9.67. The topological polar surface area (TPSA) is 72.9 Å². The van der Waals surface area contributed by atoms with Crippen LogP contribution in [0.25, 0.3) is 0 Å². The first-order valence-corrected chi connectivity index (χ1v) is 8.99. The van der Waals surface area contributed by atoms with Gasteiger partial charge in [-0.3, -0.25) is 9.48 Å². The van der Waals surface area contributed by atoms with Gasteiger partial charge in [-0.1, -0.05) is 6.42 Å². The van der Waals surface area contributed by atoms with Gasteiger partial charge in [0.2, 0.25) is 5.91 Å². The highest BCUT2D eigenvalue weighted by molar-refractivity contribution is 5.85. The first kappa shape index (κ1) is 22.3. The van der Waals surface area contributed by atoms with Crippen molar-refractivity contribution in [1.29, 1.82) is 0 Å². The minimum atomic E-state index is 0. The van der Waals surface area contributed by atoms with Crippen LogP contribution >= 0.6 is 24.8 Å². The van der Waals surface area contributed by atoms with Gasteiger partial charge < -0.3 is 11.1 Å². The van der Waals surface area contributed by atoms with Crippen LogP contribution in [0.1, 0.15) is 55.5 Å². The number of carbonyl (C=O) groups excluding carboxylic acids is 1. The van der Waals surface area contributed by atoms with Gasteiger partial charge in [0, 0.05) is 31.2 Å². The van der Waals surface area contributed by atoms with Crippen LogP contribution in [0.2, 0.25) is 0 Å². The fourth-order valence-corrected chi connectivity index (χ4v) is 4.70. The Morgan fingerprint density at radius 1 is 1.24 bits per heavy atom. The summed E-state index contributed by atoms with van der Waals surface area (Å²) in [5.41, 5.74) is 9.59. The summed E-state index contributed by atoms with van der Waals surface area (Å²) in [6.45, 7) is 4.09. The first-order chi connectivity index (χ1) is 11.0. The summed E-state index contributed by atoms with van der Waals surface area (Å²) >= 11 is 0. The van der Waals surface area contributed by atoms with E-state index in [1.54, 1.807) is 0 Å². The normalized spacial score (nSPS) is 27.8. The minimum Gasteiger partial charge on any atom is -0.353 e. The lowest BCUT2D eigenvalue weighted by molar-refractivity contribution is -0.123. The van der Waals surface area contributed by atoms with Gasteiger partial charge in [0.1, 0.15) is 0 Å². The summed E-state index contributed by atoms with van der Waals surface area (Å²) in [5, 5.41) is 7.77. The maximum absolute atomic E-state index is 12.5. The Bertz CT molecular complexity index is 576.